The van der Waals surface area contributed by atoms with Crippen LogP contribution in [0.15, 0.2) is 23.3 Å². The second-order valence-corrected chi connectivity index (χ2v) is 11.0. The van der Waals surface area contributed by atoms with Crippen molar-refractivity contribution in [2.45, 2.75) is 71.5 Å². The Morgan fingerprint density at radius 3 is 2.45 bits per heavy atom. The van der Waals surface area contributed by atoms with E-state index in [1.807, 2.05) is 0 Å². The van der Waals surface area contributed by atoms with Crippen LogP contribution in [0.25, 0.3) is 0 Å². The number of hydrogen-bond donors (Lipinski definition) is 0. The lowest BCUT2D eigenvalue weighted by atomic mass is 9.49. The van der Waals surface area contributed by atoms with E-state index in [1.54, 1.807) is 19.8 Å². The lowest BCUT2D eigenvalue weighted by Crippen LogP contribution is -2.54. The molecule has 3 fully saturated rings. The van der Waals surface area contributed by atoms with Gasteiger partial charge in [0, 0.05) is 26.1 Å². The van der Waals surface area contributed by atoms with Gasteiger partial charge in [-0.2, -0.15) is 0 Å². The summed E-state index contributed by atoms with van der Waals surface area (Å²) in [6.45, 7) is 7.46. The number of rotatable bonds is 8. The minimum atomic E-state index is -0.0711. The zero-order valence-corrected chi connectivity index (χ0v) is 21.2. The number of carbonyl (C=O) groups excluding carboxylic acids is 1. The molecule has 3 unspecified atom stereocenters. The van der Waals surface area contributed by atoms with Crippen molar-refractivity contribution in [1.82, 2.24) is 0 Å². The molecule has 186 valence electrons. The molecule has 0 aromatic heterocycles. The third-order valence-corrected chi connectivity index (χ3v) is 9.66. The van der Waals surface area contributed by atoms with Gasteiger partial charge in [-0.3, -0.25) is 4.79 Å². The molecule has 0 amide bonds. The van der Waals surface area contributed by atoms with Gasteiger partial charge in [0.25, 0.3) is 0 Å². The number of fused-ring (bicyclic) bond motifs is 5. The molecule has 4 aliphatic carbocycles. The summed E-state index contributed by atoms with van der Waals surface area (Å²) in [5, 5.41) is 0. The van der Waals surface area contributed by atoms with Crippen LogP contribution in [0.2, 0.25) is 0 Å². The van der Waals surface area contributed by atoms with E-state index in [-0.39, 0.29) is 41.7 Å². The van der Waals surface area contributed by atoms with Crippen molar-refractivity contribution in [2.24, 2.45) is 34.5 Å². The third-order valence-electron chi connectivity index (χ3n) is 9.66. The second kappa shape index (κ2) is 9.80. The summed E-state index contributed by atoms with van der Waals surface area (Å²) in [6, 6.07) is 0. The first-order chi connectivity index (χ1) is 15.8. The van der Waals surface area contributed by atoms with Gasteiger partial charge in [0.05, 0.1) is 25.2 Å². The summed E-state index contributed by atoms with van der Waals surface area (Å²) in [7, 11) is 4.85. The molecule has 0 N–H and O–H groups in total. The van der Waals surface area contributed by atoms with Gasteiger partial charge in [0.1, 0.15) is 13.6 Å². The van der Waals surface area contributed by atoms with E-state index in [2.05, 4.69) is 32.9 Å². The third kappa shape index (κ3) is 4.11. The highest BCUT2D eigenvalue weighted by atomic mass is 16.7. The second-order valence-electron chi connectivity index (χ2n) is 11.0. The molecule has 0 aromatic carbocycles. The summed E-state index contributed by atoms with van der Waals surface area (Å²) in [6.07, 6.45) is 11.1. The quantitative estimate of drug-likeness (QED) is 0.378. The van der Waals surface area contributed by atoms with Crippen molar-refractivity contribution >= 4 is 5.97 Å². The van der Waals surface area contributed by atoms with E-state index >= 15 is 0 Å². The molecule has 0 bridgehead atoms. The predicted octanol–water partition coefficient (Wildman–Crippen LogP) is 4.88. The first-order valence-corrected chi connectivity index (χ1v) is 12.5. The monoisotopic (exact) mass is 462 g/mol. The molecular weight excluding hydrogens is 420 g/mol. The highest BCUT2D eigenvalue weighted by Gasteiger charge is 2.60. The molecule has 0 aliphatic heterocycles. The van der Waals surface area contributed by atoms with E-state index < -0.39 is 0 Å². The molecule has 0 spiro atoms. The Balaban J connectivity index is 1.64. The van der Waals surface area contributed by atoms with Crippen LogP contribution in [-0.4, -0.2) is 53.1 Å². The Bertz CT molecular complexity index is 789. The minimum absolute atomic E-state index is 0.0311. The van der Waals surface area contributed by atoms with Crippen LogP contribution in [0, 0.1) is 34.5 Å². The first-order valence-electron chi connectivity index (χ1n) is 12.5. The molecule has 4 rings (SSSR count). The number of carbonyl (C=O) groups is 1. The number of allylic oxidation sites excluding steroid dienone is 3. The van der Waals surface area contributed by atoms with Gasteiger partial charge in [-0.1, -0.05) is 44.1 Å². The molecular formula is C27H42O6. The number of hydrogen-bond acceptors (Lipinski definition) is 6. The van der Waals surface area contributed by atoms with Gasteiger partial charge in [-0.15, -0.1) is 0 Å². The predicted molar refractivity (Wildman–Crippen MR) is 125 cm³/mol. The van der Waals surface area contributed by atoms with Crippen molar-refractivity contribution in [2.75, 3.05) is 34.9 Å². The van der Waals surface area contributed by atoms with Crippen LogP contribution >= 0.6 is 0 Å². The van der Waals surface area contributed by atoms with Crippen LogP contribution in [0.3, 0.4) is 0 Å². The minimum Gasteiger partial charge on any atom is -0.469 e. The average Bonchev–Trinajstić information content (AvgIpc) is 3.17. The van der Waals surface area contributed by atoms with Crippen molar-refractivity contribution in [3.05, 3.63) is 23.3 Å². The van der Waals surface area contributed by atoms with Crippen molar-refractivity contribution in [1.29, 1.82) is 0 Å². The SMILES string of the molecule is COCOC1CC2=CC=C3[C@@H]4CC[C@H](C(C)C(=O)OC)[C@@]4(C)CC[C@@H]3[C@@]2(C)C(OCOC)C1. The van der Waals surface area contributed by atoms with Gasteiger partial charge in [0.2, 0.25) is 0 Å². The van der Waals surface area contributed by atoms with E-state index in [1.165, 1.54) is 12.7 Å². The molecule has 0 aromatic rings. The fourth-order valence-electron chi connectivity index (χ4n) is 7.90. The highest BCUT2D eigenvalue weighted by Crippen LogP contribution is 2.66. The Morgan fingerprint density at radius 2 is 1.76 bits per heavy atom. The van der Waals surface area contributed by atoms with Crippen LogP contribution < -0.4 is 0 Å². The van der Waals surface area contributed by atoms with Crippen LogP contribution in [0.5, 0.6) is 0 Å². The number of ether oxygens (including phenoxy) is 5. The van der Waals surface area contributed by atoms with Gasteiger partial charge < -0.3 is 23.7 Å². The van der Waals surface area contributed by atoms with Gasteiger partial charge in [-0.25, -0.2) is 0 Å². The van der Waals surface area contributed by atoms with E-state index in [4.69, 9.17) is 23.7 Å². The van der Waals surface area contributed by atoms with Crippen LogP contribution in [0.1, 0.15) is 59.3 Å². The summed E-state index contributed by atoms with van der Waals surface area (Å²) < 4.78 is 27.9. The van der Waals surface area contributed by atoms with Gasteiger partial charge in [0.15, 0.2) is 0 Å². The normalized spacial score (nSPS) is 40.7. The maximum Gasteiger partial charge on any atom is 0.308 e. The van der Waals surface area contributed by atoms with Crippen molar-refractivity contribution in [3.63, 3.8) is 0 Å². The zero-order valence-electron chi connectivity index (χ0n) is 21.2. The fraction of sp³-hybridized carbons (Fsp3) is 0.815. The van der Waals surface area contributed by atoms with E-state index in [0.717, 1.165) is 38.5 Å². The maximum absolute atomic E-state index is 12.4. The number of methoxy groups -OCH3 is 3. The highest BCUT2D eigenvalue weighted by molar-refractivity contribution is 5.72. The Morgan fingerprint density at radius 1 is 1.03 bits per heavy atom. The molecule has 4 aliphatic rings. The topological polar surface area (TPSA) is 63.2 Å². The number of esters is 1. The fourth-order valence-corrected chi connectivity index (χ4v) is 7.90. The van der Waals surface area contributed by atoms with E-state index in [9.17, 15) is 4.79 Å². The van der Waals surface area contributed by atoms with Crippen molar-refractivity contribution in [3.8, 4) is 0 Å². The summed E-state index contributed by atoms with van der Waals surface area (Å²) in [5.74, 6) is 1.20. The molecule has 0 radical (unpaired) electrons. The van der Waals surface area contributed by atoms with E-state index in [0.29, 0.717) is 24.5 Å². The maximum atomic E-state index is 12.4. The summed E-state index contributed by atoms with van der Waals surface area (Å²) in [5.41, 5.74) is 3.06. The lowest BCUT2D eigenvalue weighted by molar-refractivity contribution is -0.164. The molecule has 6 nitrogen and oxygen atoms in total. The summed E-state index contributed by atoms with van der Waals surface area (Å²) in [4.78, 5) is 12.4. The summed E-state index contributed by atoms with van der Waals surface area (Å²) >= 11 is 0. The van der Waals surface area contributed by atoms with Gasteiger partial charge >= 0.3 is 5.97 Å². The Labute approximate surface area is 199 Å². The molecule has 0 saturated heterocycles. The van der Waals surface area contributed by atoms with Crippen LogP contribution in [-0.2, 0) is 28.5 Å². The molecule has 6 heteroatoms. The van der Waals surface area contributed by atoms with Crippen LogP contribution in [0.4, 0.5) is 0 Å². The van der Waals surface area contributed by atoms with Gasteiger partial charge in [-0.05, 0) is 55.3 Å². The van der Waals surface area contributed by atoms with Crippen molar-refractivity contribution < 1.29 is 28.5 Å². The first kappa shape index (κ1) is 24.9. The Kier molecular flexibility index (Phi) is 7.40. The smallest absolute Gasteiger partial charge is 0.308 e. The Hall–Kier alpha value is -1.21. The molecule has 8 atom stereocenters. The largest absolute Gasteiger partial charge is 0.469 e. The molecule has 33 heavy (non-hydrogen) atoms. The molecule has 3 saturated carbocycles. The average molecular weight is 463 g/mol. The zero-order chi connectivity index (χ0) is 23.8. The molecule has 0 heterocycles. The lowest BCUT2D eigenvalue weighted by Gasteiger charge is -2.57. The standard InChI is InChI=1S/C27H42O6/c1-17(25(28)31-6)21-9-10-22-20-8-7-18-13-19(32-15-29-4)14-24(33-16-30-5)27(18,3)23(20)11-12-26(21,22)2/h7-8,17,19,21-24H,9-16H2,1-6H3/t17?,19?,21-,22+,23+,24?,26-,27+/m1/s1.